The summed E-state index contributed by atoms with van der Waals surface area (Å²) in [7, 11) is 0. The van der Waals surface area contributed by atoms with Crippen LogP contribution < -0.4 is 10.6 Å². The van der Waals surface area contributed by atoms with E-state index in [4.69, 9.17) is 0 Å². The number of carbonyl (C=O) groups is 2. The summed E-state index contributed by atoms with van der Waals surface area (Å²) in [6.45, 7) is 2.94. The van der Waals surface area contributed by atoms with Crippen LogP contribution in [0.25, 0.3) is 0 Å². The van der Waals surface area contributed by atoms with Gasteiger partial charge in [0.2, 0.25) is 11.8 Å². The highest BCUT2D eigenvalue weighted by atomic mass is 19.1. The van der Waals surface area contributed by atoms with E-state index in [0.717, 1.165) is 38.6 Å². The van der Waals surface area contributed by atoms with E-state index in [0.29, 0.717) is 50.0 Å². The SMILES string of the molecule is CC1CCC(F)C2CC(C(=O)NC3CC(F)CC(C4CCN5C(=O)CC[C@@H]5C4)C3)NC12. The maximum Gasteiger partial charge on any atom is 0.237 e. The van der Waals surface area contributed by atoms with Crippen molar-refractivity contribution in [2.24, 2.45) is 23.7 Å². The van der Waals surface area contributed by atoms with Gasteiger partial charge < -0.3 is 15.5 Å². The van der Waals surface area contributed by atoms with E-state index in [1.54, 1.807) is 0 Å². The molecule has 2 saturated carbocycles. The van der Waals surface area contributed by atoms with Crippen LogP contribution in [0.2, 0.25) is 0 Å². The lowest BCUT2D eigenvalue weighted by atomic mass is 9.72. The predicted octanol–water partition coefficient (Wildman–Crippen LogP) is 3.13. The molecule has 5 nitrogen and oxygen atoms in total. The Morgan fingerprint density at radius 1 is 1.03 bits per heavy atom. The van der Waals surface area contributed by atoms with Gasteiger partial charge in [0.15, 0.2) is 0 Å². The Kier molecular flexibility index (Phi) is 5.99. The molecule has 2 N–H and O–H groups in total. The van der Waals surface area contributed by atoms with E-state index < -0.39 is 12.3 Å². The Morgan fingerprint density at radius 3 is 2.68 bits per heavy atom. The minimum absolute atomic E-state index is 0.0758. The third-order valence-electron chi connectivity index (χ3n) is 9.12. The number of nitrogens with one attached hydrogen (secondary N) is 2. The molecule has 0 bridgehead atoms. The summed E-state index contributed by atoms with van der Waals surface area (Å²) in [4.78, 5) is 27.0. The highest BCUT2D eigenvalue weighted by Gasteiger charge is 2.47. The summed E-state index contributed by atoms with van der Waals surface area (Å²) in [6.07, 6.45) is 5.58. The molecule has 3 heterocycles. The maximum absolute atomic E-state index is 14.7. The average Bonchev–Trinajstić information content (AvgIpc) is 3.35. The standard InChI is InChI=1S/C24H37F2N3O2/c1-13-2-4-20(26)19-12-21(28-23(13)19)24(31)27-17-9-15(8-16(25)11-17)14-6-7-29-18(10-14)3-5-22(29)30/h13-21,23,28H,2-12H2,1H3,(H,27,31)/t13?,14?,15?,16?,17?,18-,19?,20?,21?,23?/m1/s1. The van der Waals surface area contributed by atoms with Crippen LogP contribution in [0.5, 0.6) is 0 Å². The van der Waals surface area contributed by atoms with Crippen LogP contribution in [0.15, 0.2) is 0 Å². The Balaban J connectivity index is 1.17. The van der Waals surface area contributed by atoms with Crippen molar-refractivity contribution in [1.82, 2.24) is 15.5 Å². The third kappa shape index (κ3) is 4.23. The van der Waals surface area contributed by atoms with Gasteiger partial charge in [-0.05, 0) is 75.5 Å². The number of nitrogens with zero attached hydrogens (tertiary/aromatic N) is 1. The minimum atomic E-state index is -0.887. The molecule has 0 aromatic rings. The van der Waals surface area contributed by atoms with Crippen LogP contribution in [-0.4, -0.2) is 59.8 Å². The van der Waals surface area contributed by atoms with Gasteiger partial charge in [0.25, 0.3) is 0 Å². The van der Waals surface area contributed by atoms with Crippen LogP contribution in [0, 0.1) is 23.7 Å². The van der Waals surface area contributed by atoms with E-state index in [1.165, 1.54) is 0 Å². The maximum atomic E-state index is 14.7. The topological polar surface area (TPSA) is 61.4 Å². The zero-order chi connectivity index (χ0) is 21.7. The summed E-state index contributed by atoms with van der Waals surface area (Å²) in [5.41, 5.74) is 0. The van der Waals surface area contributed by atoms with Crippen LogP contribution in [0.3, 0.4) is 0 Å². The van der Waals surface area contributed by atoms with Gasteiger partial charge in [0.05, 0.1) is 6.04 Å². The van der Waals surface area contributed by atoms with E-state index in [-0.39, 0.29) is 41.8 Å². The molecule has 0 spiro atoms. The quantitative estimate of drug-likeness (QED) is 0.713. The lowest BCUT2D eigenvalue weighted by Crippen LogP contribution is -2.51. The Labute approximate surface area is 184 Å². The molecule has 31 heavy (non-hydrogen) atoms. The highest BCUT2D eigenvalue weighted by molar-refractivity contribution is 5.82. The smallest absolute Gasteiger partial charge is 0.237 e. The number of piperidine rings is 1. The summed E-state index contributed by atoms with van der Waals surface area (Å²) >= 11 is 0. The second-order valence-electron chi connectivity index (χ2n) is 11.0. The second-order valence-corrected chi connectivity index (χ2v) is 11.0. The molecular weight excluding hydrogens is 400 g/mol. The molecule has 174 valence electrons. The Bertz CT molecular complexity index is 688. The van der Waals surface area contributed by atoms with Gasteiger partial charge in [-0.3, -0.25) is 9.59 Å². The van der Waals surface area contributed by atoms with Gasteiger partial charge >= 0.3 is 0 Å². The molecular formula is C24H37F2N3O2. The van der Waals surface area contributed by atoms with Gasteiger partial charge in [-0.25, -0.2) is 8.78 Å². The zero-order valence-corrected chi connectivity index (χ0v) is 18.6. The lowest BCUT2D eigenvalue weighted by molar-refractivity contribution is -0.131. The van der Waals surface area contributed by atoms with Gasteiger partial charge in [-0.2, -0.15) is 0 Å². The highest BCUT2D eigenvalue weighted by Crippen LogP contribution is 2.42. The molecule has 0 radical (unpaired) electrons. The van der Waals surface area contributed by atoms with Crippen molar-refractivity contribution in [3.63, 3.8) is 0 Å². The fraction of sp³-hybridized carbons (Fsp3) is 0.917. The Morgan fingerprint density at radius 2 is 1.87 bits per heavy atom. The van der Waals surface area contributed by atoms with Crippen LogP contribution in [0.4, 0.5) is 8.78 Å². The van der Waals surface area contributed by atoms with Gasteiger partial charge in [-0.15, -0.1) is 0 Å². The average molecular weight is 438 g/mol. The van der Waals surface area contributed by atoms with Crippen LogP contribution >= 0.6 is 0 Å². The van der Waals surface area contributed by atoms with Gasteiger partial charge in [0.1, 0.15) is 12.3 Å². The second kappa shape index (κ2) is 8.60. The number of alkyl halides is 2. The van der Waals surface area contributed by atoms with E-state index in [1.807, 2.05) is 4.90 Å². The zero-order valence-electron chi connectivity index (χ0n) is 18.6. The van der Waals surface area contributed by atoms with Crippen molar-refractivity contribution >= 4 is 11.8 Å². The number of hydrogen-bond donors (Lipinski definition) is 2. The molecule has 9 unspecified atom stereocenters. The minimum Gasteiger partial charge on any atom is -0.352 e. The number of amides is 2. The van der Waals surface area contributed by atoms with Crippen molar-refractivity contribution in [1.29, 1.82) is 0 Å². The first-order valence-corrected chi connectivity index (χ1v) is 12.5. The molecule has 2 aliphatic carbocycles. The molecule has 5 rings (SSSR count). The number of fused-ring (bicyclic) bond motifs is 2. The first-order valence-electron chi connectivity index (χ1n) is 12.5. The van der Waals surface area contributed by atoms with Crippen molar-refractivity contribution < 1.29 is 18.4 Å². The van der Waals surface area contributed by atoms with E-state index >= 15 is 0 Å². The molecule has 2 amide bonds. The molecule has 3 aliphatic heterocycles. The molecule has 5 aliphatic rings. The fourth-order valence-electron chi connectivity index (χ4n) is 7.44. The van der Waals surface area contributed by atoms with Gasteiger partial charge in [-0.1, -0.05) is 6.92 Å². The number of carbonyl (C=O) groups excluding carboxylic acids is 2. The third-order valence-corrected chi connectivity index (χ3v) is 9.12. The normalized spacial score (nSPS) is 47.7. The fourth-order valence-corrected chi connectivity index (χ4v) is 7.44. The summed E-state index contributed by atoms with van der Waals surface area (Å²) < 4.78 is 29.0. The molecule has 10 atom stereocenters. The molecule has 3 saturated heterocycles. The Hall–Kier alpha value is -1.24. The van der Waals surface area contributed by atoms with Crippen molar-refractivity contribution in [2.75, 3.05) is 6.54 Å². The van der Waals surface area contributed by atoms with Gasteiger partial charge in [0, 0.05) is 37.0 Å². The van der Waals surface area contributed by atoms with Crippen LogP contribution in [0.1, 0.15) is 71.1 Å². The van der Waals surface area contributed by atoms with Crippen molar-refractivity contribution in [3.8, 4) is 0 Å². The number of halogens is 2. The van der Waals surface area contributed by atoms with Crippen molar-refractivity contribution in [2.45, 2.75) is 108 Å². The first-order chi connectivity index (χ1) is 14.9. The summed E-state index contributed by atoms with van der Waals surface area (Å²) in [6, 6.07) is -0.0970. The molecule has 7 heteroatoms. The monoisotopic (exact) mass is 437 g/mol. The van der Waals surface area contributed by atoms with E-state index in [2.05, 4.69) is 17.6 Å². The van der Waals surface area contributed by atoms with Crippen LogP contribution in [-0.2, 0) is 9.59 Å². The summed E-state index contributed by atoms with van der Waals surface area (Å²) in [5, 5.41) is 6.52. The number of hydrogen-bond acceptors (Lipinski definition) is 3. The van der Waals surface area contributed by atoms with E-state index in [9.17, 15) is 18.4 Å². The summed E-state index contributed by atoms with van der Waals surface area (Å²) in [5.74, 6) is 1.20. The molecule has 0 aromatic heterocycles. The lowest BCUT2D eigenvalue weighted by Gasteiger charge is -2.42. The molecule has 5 fully saturated rings. The van der Waals surface area contributed by atoms with Crippen molar-refractivity contribution in [3.05, 3.63) is 0 Å². The number of rotatable bonds is 3. The first kappa shape index (κ1) is 21.6. The largest absolute Gasteiger partial charge is 0.352 e. The molecule has 0 aromatic carbocycles. The predicted molar refractivity (Wildman–Crippen MR) is 114 cm³/mol.